The Labute approximate surface area is 143 Å². The van der Waals surface area contributed by atoms with Gasteiger partial charge in [-0.1, -0.05) is 36.4 Å². The van der Waals surface area contributed by atoms with Gasteiger partial charge in [0, 0.05) is 32.7 Å². The van der Waals surface area contributed by atoms with E-state index in [0.29, 0.717) is 0 Å². The minimum absolute atomic E-state index is 0.0883. The highest BCUT2D eigenvalue weighted by Crippen LogP contribution is 2.34. The second-order valence-corrected chi connectivity index (χ2v) is 6.57. The van der Waals surface area contributed by atoms with Gasteiger partial charge in [0.05, 0.1) is 12.2 Å². The van der Waals surface area contributed by atoms with E-state index in [4.69, 9.17) is 4.74 Å². The van der Waals surface area contributed by atoms with Crippen molar-refractivity contribution in [2.75, 3.05) is 44.6 Å². The minimum Gasteiger partial charge on any atom is -0.482 e. The van der Waals surface area contributed by atoms with Gasteiger partial charge in [0.25, 0.3) is 0 Å². The number of ether oxygens (including phenoxy) is 1. The van der Waals surface area contributed by atoms with Gasteiger partial charge in [0.1, 0.15) is 11.9 Å². The molecule has 1 fully saturated rings. The Kier molecular flexibility index (Phi) is 4.67. The van der Waals surface area contributed by atoms with E-state index in [9.17, 15) is 0 Å². The summed E-state index contributed by atoms with van der Waals surface area (Å²) in [7, 11) is 0. The van der Waals surface area contributed by atoms with Crippen LogP contribution in [0.5, 0.6) is 5.75 Å². The van der Waals surface area contributed by atoms with Gasteiger partial charge in [-0.25, -0.2) is 0 Å². The number of rotatable bonds is 4. The van der Waals surface area contributed by atoms with Crippen molar-refractivity contribution in [3.05, 3.63) is 59.7 Å². The summed E-state index contributed by atoms with van der Waals surface area (Å²) in [4.78, 5) is 2.53. The first-order chi connectivity index (χ1) is 11.9. The maximum absolute atomic E-state index is 6.19. The van der Waals surface area contributed by atoms with Gasteiger partial charge in [-0.15, -0.1) is 0 Å². The lowest BCUT2D eigenvalue weighted by molar-refractivity contribution is 0.210. The molecule has 2 heterocycles. The van der Waals surface area contributed by atoms with Gasteiger partial charge in [-0.05, 0) is 29.7 Å². The van der Waals surface area contributed by atoms with Crippen LogP contribution in [0.15, 0.2) is 48.5 Å². The van der Waals surface area contributed by atoms with Crippen molar-refractivity contribution in [1.29, 1.82) is 0 Å². The van der Waals surface area contributed by atoms with Crippen molar-refractivity contribution in [1.82, 2.24) is 10.2 Å². The molecule has 0 spiro atoms. The summed E-state index contributed by atoms with van der Waals surface area (Å²) < 4.78 is 6.19. The molecule has 0 bridgehead atoms. The molecule has 24 heavy (non-hydrogen) atoms. The number of hydrogen-bond donors (Lipinski definition) is 2. The zero-order valence-electron chi connectivity index (χ0n) is 14.0. The average molecular weight is 323 g/mol. The summed E-state index contributed by atoms with van der Waals surface area (Å²) in [5.74, 6) is 0.959. The van der Waals surface area contributed by atoms with Crippen LogP contribution in [0.25, 0.3) is 0 Å². The molecule has 0 amide bonds. The normalized spacial score (nSPS) is 20.8. The van der Waals surface area contributed by atoms with Crippen LogP contribution < -0.4 is 15.4 Å². The van der Waals surface area contributed by atoms with Crippen molar-refractivity contribution >= 4 is 5.69 Å². The maximum Gasteiger partial charge on any atom is 0.143 e. The third kappa shape index (κ3) is 3.55. The molecule has 0 aliphatic carbocycles. The standard InChI is InChI=1S/C20H25N3O/c1-2-4-17(5-3-1)20-15-22-18-14-16(6-7-19(18)24-20)8-11-23-12-9-21-10-13-23/h1-7,14,20-22H,8-13,15H2. The number of nitrogens with one attached hydrogen (secondary N) is 2. The van der Waals surface area contributed by atoms with Gasteiger partial charge in [0.15, 0.2) is 0 Å². The van der Waals surface area contributed by atoms with Gasteiger partial charge in [-0.3, -0.25) is 0 Å². The summed E-state index contributed by atoms with van der Waals surface area (Å²) in [5.41, 5.74) is 3.72. The van der Waals surface area contributed by atoms with Crippen LogP contribution in [0.4, 0.5) is 5.69 Å². The Morgan fingerprint density at radius 3 is 2.71 bits per heavy atom. The highest BCUT2D eigenvalue weighted by atomic mass is 16.5. The number of hydrogen-bond acceptors (Lipinski definition) is 4. The third-order valence-corrected chi connectivity index (χ3v) is 4.89. The smallest absolute Gasteiger partial charge is 0.143 e. The number of benzene rings is 2. The second kappa shape index (κ2) is 7.24. The molecule has 0 radical (unpaired) electrons. The van der Waals surface area contributed by atoms with E-state index in [2.05, 4.69) is 58.0 Å². The Bertz CT molecular complexity index is 668. The molecule has 2 aromatic rings. The van der Waals surface area contributed by atoms with Crippen LogP contribution in [0.2, 0.25) is 0 Å². The van der Waals surface area contributed by atoms with Crippen molar-refractivity contribution in [3.8, 4) is 5.75 Å². The predicted molar refractivity (Wildman–Crippen MR) is 97.8 cm³/mol. The molecule has 1 saturated heterocycles. The predicted octanol–water partition coefficient (Wildman–Crippen LogP) is 2.68. The molecular formula is C20H25N3O. The molecule has 2 aliphatic rings. The molecule has 2 N–H and O–H groups in total. The molecule has 4 nitrogen and oxygen atoms in total. The molecule has 0 aromatic heterocycles. The lowest BCUT2D eigenvalue weighted by Crippen LogP contribution is -2.44. The van der Waals surface area contributed by atoms with Crippen LogP contribution in [0, 0.1) is 0 Å². The van der Waals surface area contributed by atoms with Gasteiger partial charge in [-0.2, -0.15) is 0 Å². The van der Waals surface area contributed by atoms with E-state index in [1.807, 2.05) is 6.07 Å². The Morgan fingerprint density at radius 1 is 1.04 bits per heavy atom. The van der Waals surface area contributed by atoms with Crippen molar-refractivity contribution in [2.24, 2.45) is 0 Å². The lowest BCUT2D eigenvalue weighted by atomic mass is 10.1. The van der Waals surface area contributed by atoms with Crippen LogP contribution in [-0.4, -0.2) is 44.2 Å². The van der Waals surface area contributed by atoms with E-state index in [0.717, 1.165) is 57.1 Å². The zero-order valence-corrected chi connectivity index (χ0v) is 14.0. The molecule has 2 aliphatic heterocycles. The van der Waals surface area contributed by atoms with E-state index < -0.39 is 0 Å². The van der Waals surface area contributed by atoms with Crippen molar-refractivity contribution in [2.45, 2.75) is 12.5 Å². The molecule has 2 aromatic carbocycles. The second-order valence-electron chi connectivity index (χ2n) is 6.57. The summed E-state index contributed by atoms with van der Waals surface area (Å²) in [6, 6.07) is 17.0. The van der Waals surface area contributed by atoms with E-state index in [1.165, 1.54) is 11.1 Å². The Hall–Kier alpha value is -2.04. The highest BCUT2D eigenvalue weighted by molar-refractivity contribution is 5.60. The first kappa shape index (κ1) is 15.5. The first-order valence-corrected chi connectivity index (χ1v) is 8.90. The average Bonchev–Trinajstić information content (AvgIpc) is 2.67. The Morgan fingerprint density at radius 2 is 1.88 bits per heavy atom. The first-order valence-electron chi connectivity index (χ1n) is 8.90. The molecule has 126 valence electrons. The van der Waals surface area contributed by atoms with Gasteiger partial charge < -0.3 is 20.3 Å². The maximum atomic E-state index is 6.19. The lowest BCUT2D eigenvalue weighted by Gasteiger charge is -2.29. The Balaban J connectivity index is 1.39. The zero-order chi connectivity index (χ0) is 16.2. The van der Waals surface area contributed by atoms with Crippen LogP contribution >= 0.6 is 0 Å². The number of piperazine rings is 1. The number of anilines is 1. The molecule has 4 heteroatoms. The van der Waals surface area contributed by atoms with Crippen molar-refractivity contribution in [3.63, 3.8) is 0 Å². The fraction of sp³-hybridized carbons (Fsp3) is 0.400. The summed E-state index contributed by atoms with van der Waals surface area (Å²) >= 11 is 0. The fourth-order valence-corrected chi connectivity index (χ4v) is 3.45. The molecule has 0 saturated carbocycles. The third-order valence-electron chi connectivity index (χ3n) is 4.89. The van der Waals surface area contributed by atoms with Gasteiger partial charge in [0.2, 0.25) is 0 Å². The van der Waals surface area contributed by atoms with Crippen LogP contribution in [-0.2, 0) is 6.42 Å². The minimum atomic E-state index is 0.0883. The largest absolute Gasteiger partial charge is 0.482 e. The topological polar surface area (TPSA) is 36.5 Å². The van der Waals surface area contributed by atoms with E-state index >= 15 is 0 Å². The summed E-state index contributed by atoms with van der Waals surface area (Å²) in [5, 5.41) is 6.94. The fourth-order valence-electron chi connectivity index (χ4n) is 3.45. The SMILES string of the molecule is c1ccc(C2CNc3cc(CCN4CCNCC4)ccc3O2)cc1. The quantitative estimate of drug-likeness (QED) is 0.907. The van der Waals surface area contributed by atoms with Crippen LogP contribution in [0.1, 0.15) is 17.2 Å². The number of nitrogens with zero attached hydrogens (tertiary/aromatic N) is 1. The molecule has 1 unspecified atom stereocenters. The van der Waals surface area contributed by atoms with Crippen LogP contribution in [0.3, 0.4) is 0 Å². The molecular weight excluding hydrogens is 298 g/mol. The van der Waals surface area contributed by atoms with E-state index in [-0.39, 0.29) is 6.10 Å². The summed E-state index contributed by atoms with van der Waals surface area (Å²) in [6.45, 7) is 6.49. The highest BCUT2D eigenvalue weighted by Gasteiger charge is 2.21. The molecule has 1 atom stereocenters. The van der Waals surface area contributed by atoms with Crippen molar-refractivity contribution < 1.29 is 4.74 Å². The van der Waals surface area contributed by atoms with E-state index in [1.54, 1.807) is 0 Å². The summed E-state index contributed by atoms with van der Waals surface area (Å²) in [6.07, 6.45) is 1.18. The molecule has 4 rings (SSSR count). The van der Waals surface area contributed by atoms with Gasteiger partial charge >= 0.3 is 0 Å². The number of fused-ring (bicyclic) bond motifs is 1. The monoisotopic (exact) mass is 323 g/mol.